The normalized spacial score (nSPS) is 10.3. The molecule has 0 fully saturated rings. The fourth-order valence-corrected chi connectivity index (χ4v) is 2.51. The van der Waals surface area contributed by atoms with E-state index in [1.165, 1.54) is 5.56 Å². The molecule has 0 saturated carbocycles. The summed E-state index contributed by atoms with van der Waals surface area (Å²) in [5.41, 5.74) is 3.23. The largest absolute Gasteiger partial charge is 0.494 e. The zero-order valence-corrected chi connectivity index (χ0v) is 14.5. The Bertz CT molecular complexity index is 818. The number of benzene rings is 2. The van der Waals surface area contributed by atoms with Gasteiger partial charge in [-0.25, -0.2) is 4.98 Å². The minimum absolute atomic E-state index is 0.545. The van der Waals surface area contributed by atoms with Crippen molar-refractivity contribution in [2.45, 2.75) is 20.3 Å². The van der Waals surface area contributed by atoms with E-state index in [0.717, 1.165) is 29.4 Å². The first-order valence-corrected chi connectivity index (χ1v) is 8.46. The highest BCUT2D eigenvalue weighted by atomic mass is 16.5. The molecule has 0 saturated heterocycles. The Balaban J connectivity index is 1.73. The highest BCUT2D eigenvalue weighted by molar-refractivity contribution is 5.62. The van der Waals surface area contributed by atoms with Crippen LogP contribution < -0.4 is 15.4 Å². The standard InChI is InChI=1S/C20H22N4O/c1-3-15-7-5-6-8-18(15)23-19-13-14-21-20(24-19)22-16-9-11-17(12-10-16)25-4-2/h5-14H,3-4H2,1-2H3,(H2,21,22,23,24). The third kappa shape index (κ3) is 4.47. The van der Waals surface area contributed by atoms with Crippen LogP contribution >= 0.6 is 0 Å². The van der Waals surface area contributed by atoms with Gasteiger partial charge in [-0.2, -0.15) is 4.98 Å². The summed E-state index contributed by atoms with van der Waals surface area (Å²) >= 11 is 0. The molecule has 0 radical (unpaired) electrons. The van der Waals surface area contributed by atoms with Gasteiger partial charge in [0.05, 0.1) is 6.61 Å². The number of hydrogen-bond acceptors (Lipinski definition) is 5. The summed E-state index contributed by atoms with van der Waals surface area (Å²) in [6.07, 6.45) is 2.70. The van der Waals surface area contributed by atoms with Gasteiger partial charge in [0.25, 0.3) is 0 Å². The molecule has 0 bridgehead atoms. The predicted molar refractivity (Wildman–Crippen MR) is 102 cm³/mol. The van der Waals surface area contributed by atoms with Crippen LogP contribution in [0.5, 0.6) is 5.75 Å². The fraction of sp³-hybridized carbons (Fsp3) is 0.200. The molecule has 3 rings (SSSR count). The predicted octanol–water partition coefficient (Wildman–Crippen LogP) is 4.92. The molecule has 5 nitrogen and oxygen atoms in total. The van der Waals surface area contributed by atoms with Crippen molar-refractivity contribution in [2.75, 3.05) is 17.2 Å². The topological polar surface area (TPSA) is 59.1 Å². The third-order valence-electron chi connectivity index (χ3n) is 3.74. The monoisotopic (exact) mass is 334 g/mol. The second kappa shape index (κ2) is 8.15. The van der Waals surface area contributed by atoms with Gasteiger partial charge in [-0.3, -0.25) is 0 Å². The van der Waals surface area contributed by atoms with Crippen LogP contribution in [0, 0.1) is 0 Å². The Morgan fingerprint density at radius 3 is 2.48 bits per heavy atom. The van der Waals surface area contributed by atoms with Crippen LogP contribution in [0.1, 0.15) is 19.4 Å². The van der Waals surface area contributed by atoms with E-state index in [0.29, 0.717) is 12.6 Å². The number of aromatic nitrogens is 2. The SMILES string of the molecule is CCOc1ccc(Nc2nccc(Nc3ccccc3CC)n2)cc1. The molecule has 128 valence electrons. The molecule has 3 aromatic rings. The summed E-state index contributed by atoms with van der Waals surface area (Å²) in [5, 5.41) is 6.57. The summed E-state index contributed by atoms with van der Waals surface area (Å²) in [6, 6.07) is 17.8. The first kappa shape index (κ1) is 16.8. The molecular formula is C20H22N4O. The van der Waals surface area contributed by atoms with Crippen LogP contribution in [0.2, 0.25) is 0 Å². The molecule has 0 aliphatic carbocycles. The first-order valence-electron chi connectivity index (χ1n) is 8.46. The summed E-state index contributed by atoms with van der Waals surface area (Å²) in [4.78, 5) is 8.82. The number of nitrogens with one attached hydrogen (secondary N) is 2. The van der Waals surface area contributed by atoms with Crippen molar-refractivity contribution in [3.05, 3.63) is 66.4 Å². The smallest absolute Gasteiger partial charge is 0.229 e. The lowest BCUT2D eigenvalue weighted by Gasteiger charge is -2.11. The summed E-state index contributed by atoms with van der Waals surface area (Å²) in [6.45, 7) is 4.76. The number of rotatable bonds is 7. The fourth-order valence-electron chi connectivity index (χ4n) is 2.51. The molecule has 1 aromatic heterocycles. The number of hydrogen-bond donors (Lipinski definition) is 2. The maximum Gasteiger partial charge on any atom is 0.229 e. The van der Waals surface area contributed by atoms with Crippen LogP contribution in [0.3, 0.4) is 0 Å². The van der Waals surface area contributed by atoms with Crippen LogP contribution in [-0.4, -0.2) is 16.6 Å². The van der Waals surface area contributed by atoms with Gasteiger partial charge in [0.1, 0.15) is 11.6 Å². The number of ether oxygens (including phenoxy) is 1. The highest BCUT2D eigenvalue weighted by Crippen LogP contribution is 2.22. The molecular weight excluding hydrogens is 312 g/mol. The molecule has 1 heterocycles. The Labute approximate surface area is 148 Å². The molecule has 0 amide bonds. The molecule has 0 spiro atoms. The van der Waals surface area contributed by atoms with Crippen LogP contribution in [0.15, 0.2) is 60.8 Å². The number of anilines is 4. The Morgan fingerprint density at radius 2 is 1.72 bits per heavy atom. The van der Waals surface area contributed by atoms with E-state index < -0.39 is 0 Å². The minimum Gasteiger partial charge on any atom is -0.494 e. The van der Waals surface area contributed by atoms with Gasteiger partial charge in [-0.15, -0.1) is 0 Å². The average molecular weight is 334 g/mol. The first-order chi connectivity index (χ1) is 12.3. The van der Waals surface area contributed by atoms with E-state index in [4.69, 9.17) is 4.74 Å². The van der Waals surface area contributed by atoms with Crippen LogP contribution in [0.25, 0.3) is 0 Å². The van der Waals surface area contributed by atoms with Gasteiger partial charge in [-0.05, 0) is 55.3 Å². The third-order valence-corrected chi connectivity index (χ3v) is 3.74. The average Bonchev–Trinajstić information content (AvgIpc) is 2.64. The highest BCUT2D eigenvalue weighted by Gasteiger charge is 2.04. The van der Waals surface area contributed by atoms with Gasteiger partial charge in [0.2, 0.25) is 5.95 Å². The lowest BCUT2D eigenvalue weighted by Crippen LogP contribution is -2.01. The number of aryl methyl sites for hydroxylation is 1. The van der Waals surface area contributed by atoms with Crippen LogP contribution in [-0.2, 0) is 6.42 Å². The molecule has 0 aliphatic rings. The summed E-state index contributed by atoms with van der Waals surface area (Å²) in [5.74, 6) is 2.15. The molecule has 2 N–H and O–H groups in total. The van der Waals surface area contributed by atoms with Crippen molar-refractivity contribution in [2.24, 2.45) is 0 Å². The summed E-state index contributed by atoms with van der Waals surface area (Å²) < 4.78 is 5.45. The zero-order chi connectivity index (χ0) is 17.5. The zero-order valence-electron chi connectivity index (χ0n) is 14.5. The van der Waals surface area contributed by atoms with E-state index in [1.54, 1.807) is 6.20 Å². The number of nitrogens with zero attached hydrogens (tertiary/aromatic N) is 2. The Morgan fingerprint density at radius 1 is 0.920 bits per heavy atom. The molecule has 0 atom stereocenters. The maximum absolute atomic E-state index is 5.45. The minimum atomic E-state index is 0.545. The lowest BCUT2D eigenvalue weighted by atomic mass is 10.1. The maximum atomic E-state index is 5.45. The summed E-state index contributed by atoms with van der Waals surface area (Å²) in [7, 11) is 0. The van der Waals surface area contributed by atoms with E-state index in [2.05, 4.69) is 39.7 Å². The van der Waals surface area contributed by atoms with E-state index in [9.17, 15) is 0 Å². The van der Waals surface area contributed by atoms with Crippen molar-refractivity contribution in [3.8, 4) is 5.75 Å². The van der Waals surface area contributed by atoms with Gasteiger partial charge in [0, 0.05) is 17.6 Å². The quantitative estimate of drug-likeness (QED) is 0.642. The van der Waals surface area contributed by atoms with Crippen LogP contribution in [0.4, 0.5) is 23.1 Å². The van der Waals surface area contributed by atoms with E-state index in [1.807, 2.05) is 49.4 Å². The molecule has 0 unspecified atom stereocenters. The second-order valence-corrected chi connectivity index (χ2v) is 5.48. The second-order valence-electron chi connectivity index (χ2n) is 5.48. The molecule has 5 heteroatoms. The van der Waals surface area contributed by atoms with Crippen molar-refractivity contribution in [1.29, 1.82) is 0 Å². The van der Waals surface area contributed by atoms with E-state index in [-0.39, 0.29) is 0 Å². The molecule has 0 aliphatic heterocycles. The van der Waals surface area contributed by atoms with Gasteiger partial charge in [-0.1, -0.05) is 25.1 Å². The van der Waals surface area contributed by atoms with Crippen molar-refractivity contribution in [1.82, 2.24) is 9.97 Å². The Hall–Kier alpha value is -3.08. The number of para-hydroxylation sites is 1. The van der Waals surface area contributed by atoms with Gasteiger partial charge >= 0.3 is 0 Å². The van der Waals surface area contributed by atoms with Gasteiger partial charge < -0.3 is 15.4 Å². The van der Waals surface area contributed by atoms with Crippen molar-refractivity contribution < 1.29 is 4.74 Å². The van der Waals surface area contributed by atoms with Crippen molar-refractivity contribution >= 4 is 23.1 Å². The Kier molecular flexibility index (Phi) is 5.46. The van der Waals surface area contributed by atoms with E-state index >= 15 is 0 Å². The molecule has 25 heavy (non-hydrogen) atoms. The van der Waals surface area contributed by atoms with Crippen molar-refractivity contribution in [3.63, 3.8) is 0 Å². The van der Waals surface area contributed by atoms with Gasteiger partial charge in [0.15, 0.2) is 0 Å². The lowest BCUT2D eigenvalue weighted by molar-refractivity contribution is 0.340. The molecule has 2 aromatic carbocycles.